The largest absolute Gasteiger partial charge is 0.340 e. The van der Waals surface area contributed by atoms with Gasteiger partial charge < -0.3 is 10.6 Å². The number of nitrogens with one attached hydrogen (secondary N) is 2. The molecule has 1 aromatic heterocycles. The molecule has 0 atom stereocenters. The Labute approximate surface area is 146 Å². The maximum atomic E-state index is 13.3. The van der Waals surface area contributed by atoms with Crippen LogP contribution >= 0.6 is 11.6 Å². The highest BCUT2D eigenvalue weighted by molar-refractivity contribution is 6.31. The van der Waals surface area contributed by atoms with E-state index in [4.69, 9.17) is 11.6 Å². The average Bonchev–Trinajstić information content (AvgIpc) is 2.54. The molecule has 0 fully saturated rings. The highest BCUT2D eigenvalue weighted by Crippen LogP contribution is 2.23. The first-order valence-corrected chi connectivity index (χ1v) is 7.58. The fourth-order valence-electron chi connectivity index (χ4n) is 2.11. The quantitative estimate of drug-likeness (QED) is 0.655. The summed E-state index contributed by atoms with van der Waals surface area (Å²) in [6.07, 6.45) is 0. The number of hydrogen-bond donors (Lipinski definition) is 2. The summed E-state index contributed by atoms with van der Waals surface area (Å²) in [6, 6.07) is 9.21. The first-order valence-electron chi connectivity index (χ1n) is 7.20. The van der Waals surface area contributed by atoms with Crippen LogP contribution in [0.5, 0.6) is 0 Å². The molecular formula is C17H12ClF3N4. The first-order chi connectivity index (χ1) is 11.9. The lowest BCUT2D eigenvalue weighted by molar-refractivity contribution is 0.509. The van der Waals surface area contributed by atoms with Gasteiger partial charge in [-0.3, -0.25) is 0 Å². The van der Waals surface area contributed by atoms with Crippen LogP contribution in [0.25, 0.3) is 0 Å². The Kier molecular flexibility index (Phi) is 4.76. The molecule has 1 heterocycles. The summed E-state index contributed by atoms with van der Waals surface area (Å²) >= 11 is 5.74. The molecule has 128 valence electrons. The van der Waals surface area contributed by atoms with Crippen molar-refractivity contribution in [2.45, 2.75) is 6.92 Å². The summed E-state index contributed by atoms with van der Waals surface area (Å²) in [4.78, 5) is 8.46. The Bertz CT molecular complexity index is 862. The normalized spacial score (nSPS) is 10.6. The van der Waals surface area contributed by atoms with Crippen LogP contribution in [-0.4, -0.2) is 9.97 Å². The van der Waals surface area contributed by atoms with Gasteiger partial charge in [-0.15, -0.1) is 0 Å². The predicted molar refractivity (Wildman–Crippen MR) is 91.1 cm³/mol. The Morgan fingerprint density at radius 3 is 2.16 bits per heavy atom. The molecule has 0 unspecified atom stereocenters. The molecule has 25 heavy (non-hydrogen) atoms. The average molecular weight is 365 g/mol. The Hall–Kier alpha value is -2.80. The van der Waals surface area contributed by atoms with Crippen LogP contribution in [0.15, 0.2) is 42.5 Å². The number of hydrogen-bond acceptors (Lipinski definition) is 4. The molecular weight excluding hydrogens is 353 g/mol. The minimum absolute atomic E-state index is 0.0298. The monoisotopic (exact) mass is 364 g/mol. The minimum atomic E-state index is -0.963. The number of nitrogens with zero attached hydrogens (tertiary/aromatic N) is 2. The topological polar surface area (TPSA) is 49.8 Å². The molecule has 3 aromatic rings. The minimum Gasteiger partial charge on any atom is -0.340 e. The van der Waals surface area contributed by atoms with E-state index in [0.29, 0.717) is 22.9 Å². The van der Waals surface area contributed by atoms with Crippen molar-refractivity contribution in [1.29, 1.82) is 0 Å². The highest BCUT2D eigenvalue weighted by Gasteiger charge is 2.07. The lowest BCUT2D eigenvalue weighted by Gasteiger charge is -2.10. The van der Waals surface area contributed by atoms with Crippen molar-refractivity contribution in [3.05, 3.63) is 70.6 Å². The van der Waals surface area contributed by atoms with Gasteiger partial charge >= 0.3 is 0 Å². The van der Waals surface area contributed by atoms with E-state index in [0.717, 1.165) is 12.1 Å². The SMILES string of the molecule is Cc1cc(Nc2ccc(F)c(F)c2)nc(Nc2ccc(F)c(Cl)c2)n1. The number of aryl methyl sites for hydroxylation is 1. The Balaban J connectivity index is 1.84. The summed E-state index contributed by atoms with van der Waals surface area (Å²) in [5, 5.41) is 5.76. The van der Waals surface area contributed by atoms with Gasteiger partial charge in [-0.2, -0.15) is 4.98 Å². The van der Waals surface area contributed by atoms with Crippen LogP contribution in [0.4, 0.5) is 36.3 Å². The molecule has 0 aliphatic heterocycles. The van der Waals surface area contributed by atoms with Crippen molar-refractivity contribution >= 4 is 34.7 Å². The van der Waals surface area contributed by atoms with Gasteiger partial charge in [-0.05, 0) is 37.3 Å². The summed E-state index contributed by atoms with van der Waals surface area (Å²) in [5.74, 6) is -1.80. The summed E-state index contributed by atoms with van der Waals surface area (Å²) < 4.78 is 39.5. The lowest BCUT2D eigenvalue weighted by atomic mass is 10.3. The third-order valence-corrected chi connectivity index (χ3v) is 3.51. The van der Waals surface area contributed by atoms with Gasteiger partial charge in [-0.1, -0.05) is 11.6 Å². The van der Waals surface area contributed by atoms with E-state index >= 15 is 0 Å². The van der Waals surface area contributed by atoms with E-state index in [9.17, 15) is 13.2 Å². The smallest absolute Gasteiger partial charge is 0.229 e. The molecule has 0 saturated carbocycles. The van der Waals surface area contributed by atoms with Gasteiger partial charge in [0.1, 0.15) is 11.6 Å². The summed E-state index contributed by atoms with van der Waals surface area (Å²) in [6.45, 7) is 1.75. The molecule has 3 rings (SSSR count). The van der Waals surface area contributed by atoms with Gasteiger partial charge in [0.2, 0.25) is 5.95 Å². The van der Waals surface area contributed by atoms with Crippen LogP contribution < -0.4 is 10.6 Å². The van der Waals surface area contributed by atoms with Crippen molar-refractivity contribution in [3.63, 3.8) is 0 Å². The van der Waals surface area contributed by atoms with Crippen LogP contribution in [0, 0.1) is 24.4 Å². The van der Waals surface area contributed by atoms with Crippen molar-refractivity contribution < 1.29 is 13.2 Å². The van der Waals surface area contributed by atoms with E-state index in [2.05, 4.69) is 20.6 Å². The van der Waals surface area contributed by atoms with Crippen LogP contribution in [0.1, 0.15) is 5.69 Å². The van der Waals surface area contributed by atoms with E-state index in [-0.39, 0.29) is 11.0 Å². The maximum Gasteiger partial charge on any atom is 0.229 e. The number of rotatable bonds is 4. The molecule has 0 aliphatic carbocycles. The highest BCUT2D eigenvalue weighted by atomic mass is 35.5. The van der Waals surface area contributed by atoms with Gasteiger partial charge in [0.15, 0.2) is 11.6 Å². The lowest BCUT2D eigenvalue weighted by Crippen LogP contribution is -2.03. The maximum absolute atomic E-state index is 13.3. The fourth-order valence-corrected chi connectivity index (χ4v) is 2.29. The molecule has 2 N–H and O–H groups in total. The molecule has 0 spiro atoms. The predicted octanol–water partition coefficient (Wildman–Crippen LogP) is 5.34. The van der Waals surface area contributed by atoms with E-state index in [1.165, 1.54) is 24.3 Å². The zero-order chi connectivity index (χ0) is 18.0. The third kappa shape index (κ3) is 4.19. The third-order valence-electron chi connectivity index (χ3n) is 3.22. The fraction of sp³-hybridized carbons (Fsp3) is 0.0588. The second-order valence-electron chi connectivity index (χ2n) is 5.23. The van der Waals surface area contributed by atoms with Gasteiger partial charge in [0.25, 0.3) is 0 Å². The number of halogens is 4. The van der Waals surface area contributed by atoms with Crippen LogP contribution in [-0.2, 0) is 0 Å². The molecule has 2 aromatic carbocycles. The molecule has 8 heteroatoms. The first kappa shape index (κ1) is 17.0. The van der Waals surface area contributed by atoms with E-state index < -0.39 is 17.5 Å². The second-order valence-corrected chi connectivity index (χ2v) is 5.63. The van der Waals surface area contributed by atoms with E-state index in [1.807, 2.05) is 0 Å². The Morgan fingerprint density at radius 1 is 0.800 bits per heavy atom. The van der Waals surface area contributed by atoms with Gasteiger partial charge in [-0.25, -0.2) is 18.2 Å². The van der Waals surface area contributed by atoms with Crippen molar-refractivity contribution in [3.8, 4) is 0 Å². The zero-order valence-corrected chi connectivity index (χ0v) is 13.7. The molecule has 0 bridgehead atoms. The zero-order valence-electron chi connectivity index (χ0n) is 12.9. The second kappa shape index (κ2) is 6.98. The summed E-state index contributed by atoms with van der Waals surface area (Å²) in [7, 11) is 0. The molecule has 0 aliphatic rings. The van der Waals surface area contributed by atoms with E-state index in [1.54, 1.807) is 13.0 Å². The number of aromatic nitrogens is 2. The summed E-state index contributed by atoms with van der Waals surface area (Å²) in [5.41, 5.74) is 1.49. The van der Waals surface area contributed by atoms with Crippen molar-refractivity contribution in [2.24, 2.45) is 0 Å². The Morgan fingerprint density at radius 2 is 1.48 bits per heavy atom. The van der Waals surface area contributed by atoms with Gasteiger partial charge in [0.05, 0.1) is 5.02 Å². The van der Waals surface area contributed by atoms with Crippen molar-refractivity contribution in [1.82, 2.24) is 9.97 Å². The molecule has 0 radical (unpaired) electrons. The molecule has 4 nitrogen and oxygen atoms in total. The van der Waals surface area contributed by atoms with Gasteiger partial charge in [0, 0.05) is 29.2 Å². The standard InChI is InChI=1S/C17H12ClF3N4/c1-9-6-16(23-11-3-5-14(20)15(21)8-11)25-17(22-9)24-10-2-4-13(19)12(18)7-10/h2-8H,1H3,(H2,22,23,24,25). The van der Waals surface area contributed by atoms with Crippen molar-refractivity contribution in [2.75, 3.05) is 10.6 Å². The molecule has 0 saturated heterocycles. The number of anilines is 4. The molecule has 0 amide bonds. The number of benzene rings is 2. The van der Waals surface area contributed by atoms with Crippen LogP contribution in [0.2, 0.25) is 5.02 Å². The van der Waals surface area contributed by atoms with Crippen LogP contribution in [0.3, 0.4) is 0 Å².